The van der Waals surface area contributed by atoms with Crippen LogP contribution >= 0.6 is 0 Å². The molecular formula is C14H24O2. The van der Waals surface area contributed by atoms with Gasteiger partial charge < -0.3 is 4.74 Å². The molecule has 16 heavy (non-hydrogen) atoms. The van der Waals surface area contributed by atoms with E-state index >= 15 is 0 Å². The normalized spacial score (nSPS) is 21.4. The van der Waals surface area contributed by atoms with Gasteiger partial charge in [0.25, 0.3) is 0 Å². The van der Waals surface area contributed by atoms with E-state index in [1.165, 1.54) is 12.0 Å². The number of ether oxygens (including phenoxy) is 1. The van der Waals surface area contributed by atoms with Crippen LogP contribution in [-0.2, 0) is 9.53 Å². The van der Waals surface area contributed by atoms with Gasteiger partial charge in [0.2, 0.25) is 0 Å². The van der Waals surface area contributed by atoms with Crippen molar-refractivity contribution in [3.63, 3.8) is 0 Å². The van der Waals surface area contributed by atoms with E-state index in [0.717, 1.165) is 38.5 Å². The fourth-order valence-electron chi connectivity index (χ4n) is 2.26. The molecule has 2 nitrogen and oxygen atoms in total. The Labute approximate surface area is 99.1 Å². The van der Waals surface area contributed by atoms with E-state index in [4.69, 9.17) is 4.74 Å². The Morgan fingerprint density at radius 3 is 2.88 bits per heavy atom. The monoisotopic (exact) mass is 224 g/mol. The molecule has 0 radical (unpaired) electrons. The smallest absolute Gasteiger partial charge is 0.136 e. The van der Waals surface area contributed by atoms with Crippen molar-refractivity contribution in [3.8, 4) is 0 Å². The lowest BCUT2D eigenvalue weighted by molar-refractivity contribution is -0.119. The molecular weight excluding hydrogens is 200 g/mol. The lowest BCUT2D eigenvalue weighted by Gasteiger charge is -2.14. The van der Waals surface area contributed by atoms with Gasteiger partial charge in [-0.25, -0.2) is 0 Å². The van der Waals surface area contributed by atoms with E-state index in [-0.39, 0.29) is 0 Å². The molecule has 0 aromatic carbocycles. The third kappa shape index (κ3) is 4.93. The van der Waals surface area contributed by atoms with Crippen molar-refractivity contribution in [3.05, 3.63) is 11.6 Å². The Balaban J connectivity index is 2.18. The van der Waals surface area contributed by atoms with E-state index in [1.54, 1.807) is 7.11 Å². The van der Waals surface area contributed by atoms with Gasteiger partial charge in [-0.05, 0) is 38.5 Å². The lowest BCUT2D eigenvalue weighted by Crippen LogP contribution is -2.08. The zero-order valence-corrected chi connectivity index (χ0v) is 10.6. The zero-order valence-electron chi connectivity index (χ0n) is 10.6. The molecule has 92 valence electrons. The molecule has 0 N–H and O–H groups in total. The molecule has 1 aliphatic rings. The number of rotatable bonds is 6. The van der Waals surface area contributed by atoms with Crippen molar-refractivity contribution in [1.82, 2.24) is 0 Å². The highest BCUT2D eigenvalue weighted by Crippen LogP contribution is 2.21. The van der Waals surface area contributed by atoms with E-state index in [2.05, 4.69) is 13.0 Å². The minimum atomic E-state index is 0.409. The van der Waals surface area contributed by atoms with Crippen LogP contribution in [0, 0.1) is 0 Å². The van der Waals surface area contributed by atoms with Crippen molar-refractivity contribution in [2.45, 2.75) is 64.4 Å². The molecule has 1 atom stereocenters. The maximum atomic E-state index is 11.2. The van der Waals surface area contributed by atoms with E-state index in [1.807, 2.05) is 0 Å². The van der Waals surface area contributed by atoms with Crippen molar-refractivity contribution >= 4 is 5.78 Å². The molecule has 1 unspecified atom stereocenters. The van der Waals surface area contributed by atoms with Gasteiger partial charge in [0.1, 0.15) is 5.78 Å². The SMILES string of the molecule is CCC(CCCC=C1CCCC(=O)C1)OC. The summed E-state index contributed by atoms with van der Waals surface area (Å²) in [6.07, 6.45) is 10.9. The molecule has 2 heteroatoms. The van der Waals surface area contributed by atoms with Crippen LogP contribution in [0.25, 0.3) is 0 Å². The molecule has 1 saturated carbocycles. The third-order valence-electron chi connectivity index (χ3n) is 3.33. The summed E-state index contributed by atoms with van der Waals surface area (Å²) < 4.78 is 5.33. The van der Waals surface area contributed by atoms with E-state index < -0.39 is 0 Å². The maximum Gasteiger partial charge on any atom is 0.136 e. The molecule has 0 saturated heterocycles. The molecule has 0 amide bonds. The molecule has 0 aliphatic heterocycles. The standard InChI is InChI=1S/C14H24O2/c1-3-14(16-2)10-5-4-7-12-8-6-9-13(15)11-12/h7,14H,3-6,8-11H2,1-2H3. The van der Waals surface area contributed by atoms with Gasteiger partial charge >= 0.3 is 0 Å². The van der Waals surface area contributed by atoms with E-state index in [0.29, 0.717) is 18.3 Å². The highest BCUT2D eigenvalue weighted by molar-refractivity contribution is 5.81. The first kappa shape index (κ1) is 13.4. The minimum absolute atomic E-state index is 0.409. The zero-order chi connectivity index (χ0) is 11.8. The van der Waals surface area contributed by atoms with Crippen molar-refractivity contribution < 1.29 is 9.53 Å². The summed E-state index contributed by atoms with van der Waals surface area (Å²) in [6.45, 7) is 2.16. The molecule has 1 rings (SSSR count). The first-order valence-electron chi connectivity index (χ1n) is 6.48. The number of methoxy groups -OCH3 is 1. The summed E-state index contributed by atoms with van der Waals surface area (Å²) in [6, 6.07) is 0. The average Bonchev–Trinajstić information content (AvgIpc) is 2.29. The molecule has 0 bridgehead atoms. The van der Waals surface area contributed by atoms with Crippen LogP contribution in [0.2, 0.25) is 0 Å². The topological polar surface area (TPSA) is 26.3 Å². The molecule has 0 aromatic rings. The third-order valence-corrected chi connectivity index (χ3v) is 3.33. The van der Waals surface area contributed by atoms with Gasteiger partial charge in [0.05, 0.1) is 6.10 Å². The number of allylic oxidation sites excluding steroid dienone is 2. The first-order chi connectivity index (χ1) is 7.76. The predicted octanol–water partition coefficient (Wildman–Crippen LogP) is 3.65. The molecule has 1 fully saturated rings. The van der Waals surface area contributed by atoms with Crippen molar-refractivity contribution in [2.75, 3.05) is 7.11 Å². The van der Waals surface area contributed by atoms with Crippen LogP contribution < -0.4 is 0 Å². The van der Waals surface area contributed by atoms with Gasteiger partial charge in [-0.1, -0.05) is 18.6 Å². The van der Waals surface area contributed by atoms with Crippen molar-refractivity contribution in [2.24, 2.45) is 0 Å². The summed E-state index contributed by atoms with van der Waals surface area (Å²) in [5.74, 6) is 0.417. The van der Waals surface area contributed by atoms with Gasteiger partial charge in [-0.3, -0.25) is 4.79 Å². The van der Waals surface area contributed by atoms with Crippen LogP contribution in [0.5, 0.6) is 0 Å². The van der Waals surface area contributed by atoms with Crippen molar-refractivity contribution in [1.29, 1.82) is 0 Å². The number of hydrogen-bond acceptors (Lipinski definition) is 2. The molecule has 0 heterocycles. The van der Waals surface area contributed by atoms with Gasteiger partial charge in [-0.2, -0.15) is 0 Å². The Morgan fingerprint density at radius 2 is 2.25 bits per heavy atom. The summed E-state index contributed by atoms with van der Waals surface area (Å²) >= 11 is 0. The number of carbonyl (C=O) groups is 1. The summed E-state index contributed by atoms with van der Waals surface area (Å²) in [5, 5.41) is 0. The average molecular weight is 224 g/mol. The van der Waals surface area contributed by atoms with Crippen LogP contribution in [0.1, 0.15) is 58.3 Å². The highest BCUT2D eigenvalue weighted by atomic mass is 16.5. The number of ketones is 1. The van der Waals surface area contributed by atoms with Gasteiger partial charge in [0, 0.05) is 20.0 Å². The summed E-state index contributed by atoms with van der Waals surface area (Å²) in [7, 11) is 1.78. The molecule has 0 aromatic heterocycles. The number of unbranched alkanes of at least 4 members (excludes halogenated alkanes) is 1. The van der Waals surface area contributed by atoms with Crippen LogP contribution in [-0.4, -0.2) is 19.0 Å². The fraction of sp³-hybridized carbons (Fsp3) is 0.786. The second kappa shape index (κ2) is 7.61. The minimum Gasteiger partial charge on any atom is -0.381 e. The highest BCUT2D eigenvalue weighted by Gasteiger charge is 2.12. The summed E-state index contributed by atoms with van der Waals surface area (Å²) in [4.78, 5) is 11.2. The lowest BCUT2D eigenvalue weighted by atomic mass is 9.92. The quantitative estimate of drug-likeness (QED) is 0.508. The summed E-state index contributed by atoms with van der Waals surface area (Å²) in [5.41, 5.74) is 1.36. The van der Waals surface area contributed by atoms with Crippen LogP contribution in [0.15, 0.2) is 11.6 Å². The fourth-order valence-corrected chi connectivity index (χ4v) is 2.26. The van der Waals surface area contributed by atoms with Gasteiger partial charge in [0.15, 0.2) is 0 Å². The first-order valence-corrected chi connectivity index (χ1v) is 6.48. The molecule has 0 spiro atoms. The van der Waals surface area contributed by atoms with Crippen LogP contribution in [0.4, 0.5) is 0 Å². The largest absolute Gasteiger partial charge is 0.381 e. The Kier molecular flexibility index (Phi) is 6.39. The number of hydrogen-bond donors (Lipinski definition) is 0. The van der Waals surface area contributed by atoms with Crippen LogP contribution in [0.3, 0.4) is 0 Å². The van der Waals surface area contributed by atoms with Gasteiger partial charge in [-0.15, -0.1) is 0 Å². The second-order valence-corrected chi connectivity index (χ2v) is 4.63. The molecule has 1 aliphatic carbocycles. The maximum absolute atomic E-state index is 11.2. The Hall–Kier alpha value is -0.630. The van der Waals surface area contributed by atoms with E-state index in [9.17, 15) is 4.79 Å². The number of carbonyl (C=O) groups excluding carboxylic acids is 1. The predicted molar refractivity (Wildman–Crippen MR) is 66.5 cm³/mol. The Morgan fingerprint density at radius 1 is 1.44 bits per heavy atom. The Bertz CT molecular complexity index is 239. The second-order valence-electron chi connectivity index (χ2n) is 4.63. The number of Topliss-reactive ketones (excluding diaryl/α,β-unsaturated/α-hetero) is 1.